The molecule has 0 spiro atoms. The number of benzene rings is 2. The number of carbonyl (C=O) groups excluding carboxylic acids is 1. The molecule has 1 amide bonds. The molecule has 1 N–H and O–H groups in total. The molecule has 1 heterocycles. The number of pyridine rings is 1. The lowest BCUT2D eigenvalue weighted by molar-refractivity contribution is -0.116. The Kier molecular flexibility index (Phi) is 6.66. The van der Waals surface area contributed by atoms with Crippen LogP contribution >= 0.6 is 11.8 Å². The zero-order chi connectivity index (χ0) is 19.1. The van der Waals surface area contributed by atoms with Crippen molar-refractivity contribution >= 4 is 23.4 Å². The summed E-state index contributed by atoms with van der Waals surface area (Å²) in [5.41, 5.74) is 5.77. The average molecular weight is 377 g/mol. The second-order valence-corrected chi connectivity index (χ2v) is 7.70. The molecule has 2 aromatic carbocycles. The predicted octanol–water partition coefficient (Wildman–Crippen LogP) is 5.56. The molecule has 0 unspecified atom stereocenters. The summed E-state index contributed by atoms with van der Waals surface area (Å²) >= 11 is 1.76. The molecule has 0 aliphatic carbocycles. The van der Waals surface area contributed by atoms with Gasteiger partial charge in [0.1, 0.15) is 0 Å². The van der Waals surface area contributed by atoms with E-state index in [0.717, 1.165) is 17.9 Å². The van der Waals surface area contributed by atoms with Gasteiger partial charge in [-0.25, -0.2) is 0 Å². The molecular formula is C23H24N2OS. The smallest absolute Gasteiger partial charge is 0.224 e. The summed E-state index contributed by atoms with van der Waals surface area (Å²) < 4.78 is 0. The van der Waals surface area contributed by atoms with E-state index in [0.29, 0.717) is 6.42 Å². The van der Waals surface area contributed by atoms with Crippen LogP contribution in [0.3, 0.4) is 0 Å². The number of amides is 1. The van der Waals surface area contributed by atoms with Crippen LogP contribution in [-0.4, -0.2) is 10.9 Å². The van der Waals surface area contributed by atoms with Crippen molar-refractivity contribution in [3.05, 3.63) is 89.2 Å². The van der Waals surface area contributed by atoms with Crippen LogP contribution in [0.2, 0.25) is 0 Å². The number of rotatable bonds is 7. The highest BCUT2D eigenvalue weighted by Crippen LogP contribution is 2.24. The Bertz CT molecular complexity index is 892. The Morgan fingerprint density at radius 1 is 1.07 bits per heavy atom. The van der Waals surface area contributed by atoms with Crippen LogP contribution in [0.1, 0.15) is 28.7 Å². The third-order valence-corrected chi connectivity index (χ3v) is 5.47. The summed E-state index contributed by atoms with van der Waals surface area (Å²) in [7, 11) is 0. The topological polar surface area (TPSA) is 42.0 Å². The molecular weight excluding hydrogens is 352 g/mol. The highest BCUT2D eigenvalue weighted by atomic mass is 32.2. The van der Waals surface area contributed by atoms with E-state index in [9.17, 15) is 4.79 Å². The van der Waals surface area contributed by atoms with Crippen LogP contribution in [0.15, 0.2) is 71.9 Å². The molecule has 0 aliphatic rings. The highest BCUT2D eigenvalue weighted by Gasteiger charge is 2.06. The van der Waals surface area contributed by atoms with E-state index < -0.39 is 0 Å². The summed E-state index contributed by atoms with van der Waals surface area (Å²) in [4.78, 5) is 17.5. The molecule has 3 aromatic rings. The van der Waals surface area contributed by atoms with Crippen molar-refractivity contribution in [3.8, 4) is 0 Å². The van der Waals surface area contributed by atoms with Crippen molar-refractivity contribution in [3.63, 3.8) is 0 Å². The van der Waals surface area contributed by atoms with E-state index in [1.807, 2.05) is 36.5 Å². The molecule has 27 heavy (non-hydrogen) atoms. The SMILES string of the molecule is Cc1ccc(CCC(=O)Nc2ccc(SCc3cccnc3)cc2)c(C)c1. The molecule has 1 aromatic heterocycles. The quantitative estimate of drug-likeness (QED) is 0.549. The van der Waals surface area contributed by atoms with E-state index >= 15 is 0 Å². The lowest BCUT2D eigenvalue weighted by atomic mass is 10.0. The molecule has 138 valence electrons. The Morgan fingerprint density at radius 3 is 2.59 bits per heavy atom. The summed E-state index contributed by atoms with van der Waals surface area (Å²) in [5.74, 6) is 0.931. The molecule has 0 atom stereocenters. The lowest BCUT2D eigenvalue weighted by Crippen LogP contribution is -2.12. The van der Waals surface area contributed by atoms with Crippen LogP contribution in [0.25, 0.3) is 0 Å². The van der Waals surface area contributed by atoms with Gasteiger partial charge in [-0.15, -0.1) is 11.8 Å². The zero-order valence-electron chi connectivity index (χ0n) is 15.7. The fraction of sp³-hybridized carbons (Fsp3) is 0.217. The van der Waals surface area contributed by atoms with Gasteiger partial charge in [-0.2, -0.15) is 0 Å². The monoisotopic (exact) mass is 376 g/mol. The molecule has 3 rings (SSSR count). The largest absolute Gasteiger partial charge is 0.326 e. The minimum atomic E-state index is 0.0470. The third kappa shape index (κ3) is 5.97. The van der Waals surface area contributed by atoms with E-state index in [1.54, 1.807) is 18.0 Å². The maximum atomic E-state index is 12.2. The van der Waals surface area contributed by atoms with Crippen LogP contribution in [0.4, 0.5) is 5.69 Å². The molecule has 0 aliphatic heterocycles. The van der Waals surface area contributed by atoms with Crippen molar-refractivity contribution in [2.45, 2.75) is 37.3 Å². The van der Waals surface area contributed by atoms with Gasteiger partial charge in [0, 0.05) is 35.2 Å². The summed E-state index contributed by atoms with van der Waals surface area (Å²) in [6.45, 7) is 4.18. The van der Waals surface area contributed by atoms with Gasteiger partial charge < -0.3 is 5.32 Å². The normalized spacial score (nSPS) is 10.6. The summed E-state index contributed by atoms with van der Waals surface area (Å²) in [5, 5.41) is 2.99. The van der Waals surface area contributed by atoms with Crippen LogP contribution < -0.4 is 5.32 Å². The number of hydrogen-bond donors (Lipinski definition) is 1. The van der Waals surface area contributed by atoms with E-state index in [1.165, 1.54) is 27.1 Å². The zero-order valence-corrected chi connectivity index (χ0v) is 16.6. The number of nitrogens with one attached hydrogen (secondary N) is 1. The fourth-order valence-corrected chi connectivity index (χ4v) is 3.72. The Hall–Kier alpha value is -2.59. The first-order valence-corrected chi connectivity index (χ1v) is 10.1. The van der Waals surface area contributed by atoms with E-state index in [2.05, 4.69) is 48.4 Å². The first kappa shape index (κ1) is 19.2. The van der Waals surface area contributed by atoms with Crippen molar-refractivity contribution in [2.75, 3.05) is 5.32 Å². The maximum Gasteiger partial charge on any atom is 0.224 e. The minimum Gasteiger partial charge on any atom is -0.326 e. The van der Waals surface area contributed by atoms with Gasteiger partial charge in [-0.1, -0.05) is 29.8 Å². The molecule has 3 nitrogen and oxygen atoms in total. The van der Waals surface area contributed by atoms with Gasteiger partial charge in [0.15, 0.2) is 0 Å². The minimum absolute atomic E-state index is 0.0470. The number of aromatic nitrogens is 1. The van der Waals surface area contributed by atoms with Crippen molar-refractivity contribution in [1.82, 2.24) is 4.98 Å². The molecule has 4 heteroatoms. The highest BCUT2D eigenvalue weighted by molar-refractivity contribution is 7.98. The summed E-state index contributed by atoms with van der Waals surface area (Å²) in [6.07, 6.45) is 4.92. The maximum absolute atomic E-state index is 12.2. The first-order valence-electron chi connectivity index (χ1n) is 9.08. The van der Waals surface area contributed by atoms with Crippen LogP contribution in [-0.2, 0) is 17.0 Å². The number of aryl methyl sites for hydroxylation is 3. The van der Waals surface area contributed by atoms with Gasteiger partial charge in [-0.3, -0.25) is 9.78 Å². The van der Waals surface area contributed by atoms with Gasteiger partial charge in [-0.05, 0) is 67.3 Å². The van der Waals surface area contributed by atoms with Crippen molar-refractivity contribution in [1.29, 1.82) is 0 Å². The van der Waals surface area contributed by atoms with Gasteiger partial charge in [0.05, 0.1) is 0 Å². The van der Waals surface area contributed by atoms with Crippen LogP contribution in [0.5, 0.6) is 0 Å². The van der Waals surface area contributed by atoms with Crippen molar-refractivity contribution < 1.29 is 4.79 Å². The van der Waals surface area contributed by atoms with Gasteiger partial charge >= 0.3 is 0 Å². The predicted molar refractivity (Wildman–Crippen MR) is 113 cm³/mol. The first-order chi connectivity index (χ1) is 13.1. The number of thioether (sulfide) groups is 1. The lowest BCUT2D eigenvalue weighted by Gasteiger charge is -2.09. The second-order valence-electron chi connectivity index (χ2n) is 6.65. The Labute approximate surface area is 165 Å². The number of hydrogen-bond acceptors (Lipinski definition) is 3. The van der Waals surface area contributed by atoms with Gasteiger partial charge in [0.25, 0.3) is 0 Å². The van der Waals surface area contributed by atoms with Crippen molar-refractivity contribution in [2.24, 2.45) is 0 Å². The standard InChI is InChI=1S/C23H24N2OS/c1-17-5-6-20(18(2)14-17)7-12-23(26)25-21-8-10-22(11-9-21)27-16-19-4-3-13-24-15-19/h3-6,8-11,13-15H,7,12,16H2,1-2H3,(H,25,26). The number of nitrogens with zero attached hydrogens (tertiary/aromatic N) is 1. The molecule has 0 fully saturated rings. The Morgan fingerprint density at radius 2 is 1.89 bits per heavy atom. The average Bonchev–Trinajstić information content (AvgIpc) is 2.67. The van der Waals surface area contributed by atoms with E-state index in [4.69, 9.17) is 0 Å². The fourth-order valence-electron chi connectivity index (χ4n) is 2.88. The van der Waals surface area contributed by atoms with E-state index in [-0.39, 0.29) is 5.91 Å². The second kappa shape index (κ2) is 9.38. The molecule has 0 radical (unpaired) electrons. The summed E-state index contributed by atoms with van der Waals surface area (Å²) in [6, 6.07) is 18.4. The molecule has 0 saturated heterocycles. The van der Waals surface area contributed by atoms with Gasteiger partial charge in [0.2, 0.25) is 5.91 Å². The third-order valence-electron chi connectivity index (χ3n) is 4.39. The molecule has 0 saturated carbocycles. The molecule has 0 bridgehead atoms. The Balaban J connectivity index is 1.48. The number of anilines is 1. The van der Waals surface area contributed by atoms with Crippen LogP contribution in [0, 0.1) is 13.8 Å². The number of carbonyl (C=O) groups is 1.